The fourth-order valence-electron chi connectivity index (χ4n) is 2.15. The third kappa shape index (κ3) is 1.89. The Labute approximate surface area is 104 Å². The van der Waals surface area contributed by atoms with E-state index in [1.165, 1.54) is 10.9 Å². The molecule has 1 atom stereocenters. The molecule has 0 bridgehead atoms. The molecule has 0 spiro atoms. The molecule has 0 saturated carbocycles. The molecule has 0 unspecified atom stereocenters. The number of nitrogens with zero attached hydrogens (tertiary/aromatic N) is 2. The smallest absolute Gasteiger partial charge is 0.167 e. The van der Waals surface area contributed by atoms with Crippen molar-refractivity contribution in [3.8, 4) is 0 Å². The number of H-pyrrole nitrogens is 2. The summed E-state index contributed by atoms with van der Waals surface area (Å²) in [5.74, 6) is 1.46. The SMILES string of the molecule is Cc1nc([C@@H](N)Cc2c[nH]c3ccccc23)n[nH]1. The second kappa shape index (κ2) is 4.27. The van der Waals surface area contributed by atoms with Gasteiger partial charge < -0.3 is 10.7 Å². The van der Waals surface area contributed by atoms with Crippen LogP contribution in [0.2, 0.25) is 0 Å². The van der Waals surface area contributed by atoms with E-state index >= 15 is 0 Å². The summed E-state index contributed by atoms with van der Waals surface area (Å²) in [5, 5.41) is 8.13. The minimum absolute atomic E-state index is 0.186. The standard InChI is InChI=1S/C13H15N5/c1-8-16-13(18-17-8)11(14)6-9-7-15-12-5-3-2-4-10(9)12/h2-5,7,11,15H,6,14H2,1H3,(H,16,17,18)/t11-/m0/s1. The van der Waals surface area contributed by atoms with Crippen LogP contribution in [0.3, 0.4) is 0 Å². The number of hydrogen-bond acceptors (Lipinski definition) is 3. The van der Waals surface area contributed by atoms with E-state index in [0.29, 0.717) is 5.82 Å². The highest BCUT2D eigenvalue weighted by Gasteiger charge is 2.14. The van der Waals surface area contributed by atoms with E-state index < -0.39 is 0 Å². The first-order chi connectivity index (χ1) is 8.74. The molecule has 1 aromatic carbocycles. The van der Waals surface area contributed by atoms with Gasteiger partial charge in [-0.3, -0.25) is 5.10 Å². The van der Waals surface area contributed by atoms with Crippen molar-refractivity contribution in [2.75, 3.05) is 0 Å². The largest absolute Gasteiger partial charge is 0.361 e. The number of para-hydroxylation sites is 1. The third-order valence-electron chi connectivity index (χ3n) is 3.06. The highest BCUT2D eigenvalue weighted by molar-refractivity contribution is 5.83. The van der Waals surface area contributed by atoms with Crippen LogP contribution in [0, 0.1) is 6.92 Å². The van der Waals surface area contributed by atoms with E-state index in [1.807, 2.05) is 25.3 Å². The van der Waals surface area contributed by atoms with Gasteiger partial charge in [-0.25, -0.2) is 4.98 Å². The summed E-state index contributed by atoms with van der Waals surface area (Å²) in [6, 6.07) is 8.01. The first-order valence-corrected chi connectivity index (χ1v) is 5.93. The van der Waals surface area contributed by atoms with Gasteiger partial charge in [0.25, 0.3) is 0 Å². The first-order valence-electron chi connectivity index (χ1n) is 5.93. The molecule has 2 heterocycles. The van der Waals surface area contributed by atoms with Gasteiger partial charge in [0.2, 0.25) is 0 Å². The highest BCUT2D eigenvalue weighted by atomic mass is 15.2. The van der Waals surface area contributed by atoms with Gasteiger partial charge >= 0.3 is 0 Å². The van der Waals surface area contributed by atoms with Gasteiger partial charge in [-0.05, 0) is 25.0 Å². The summed E-state index contributed by atoms with van der Waals surface area (Å²) in [7, 11) is 0. The maximum absolute atomic E-state index is 6.13. The molecule has 18 heavy (non-hydrogen) atoms. The molecule has 0 saturated heterocycles. The second-order valence-corrected chi connectivity index (χ2v) is 4.45. The highest BCUT2D eigenvalue weighted by Crippen LogP contribution is 2.21. The zero-order valence-corrected chi connectivity index (χ0v) is 10.1. The Morgan fingerprint density at radius 2 is 2.17 bits per heavy atom. The van der Waals surface area contributed by atoms with E-state index in [4.69, 9.17) is 5.73 Å². The van der Waals surface area contributed by atoms with E-state index in [9.17, 15) is 0 Å². The Bertz CT molecular complexity index is 667. The molecule has 0 fully saturated rings. The summed E-state index contributed by atoms with van der Waals surface area (Å²) in [5.41, 5.74) is 8.46. The average molecular weight is 241 g/mol. The fourth-order valence-corrected chi connectivity index (χ4v) is 2.15. The van der Waals surface area contributed by atoms with Crippen LogP contribution < -0.4 is 5.73 Å². The van der Waals surface area contributed by atoms with Gasteiger partial charge in [0.1, 0.15) is 5.82 Å². The summed E-state index contributed by atoms with van der Waals surface area (Å²) in [6.07, 6.45) is 2.73. The van der Waals surface area contributed by atoms with Gasteiger partial charge in [0.05, 0.1) is 6.04 Å². The summed E-state index contributed by atoms with van der Waals surface area (Å²) in [6.45, 7) is 1.87. The van der Waals surface area contributed by atoms with Crippen LogP contribution in [0.15, 0.2) is 30.5 Å². The van der Waals surface area contributed by atoms with Crippen molar-refractivity contribution in [1.29, 1.82) is 0 Å². The molecular weight excluding hydrogens is 226 g/mol. The molecule has 4 N–H and O–H groups in total. The predicted molar refractivity (Wildman–Crippen MR) is 70.1 cm³/mol. The lowest BCUT2D eigenvalue weighted by atomic mass is 10.1. The maximum atomic E-state index is 6.13. The second-order valence-electron chi connectivity index (χ2n) is 4.45. The van der Waals surface area contributed by atoms with Crippen molar-refractivity contribution in [2.45, 2.75) is 19.4 Å². The molecule has 0 aliphatic rings. The van der Waals surface area contributed by atoms with Crippen LogP contribution in [0.4, 0.5) is 0 Å². The van der Waals surface area contributed by atoms with Crippen LogP contribution in [-0.4, -0.2) is 20.2 Å². The molecule has 0 radical (unpaired) electrons. The number of benzene rings is 1. The number of fused-ring (bicyclic) bond motifs is 1. The molecule has 5 heteroatoms. The third-order valence-corrected chi connectivity index (χ3v) is 3.06. The topological polar surface area (TPSA) is 83.4 Å². The molecular formula is C13H15N5. The molecule has 2 aromatic heterocycles. The van der Waals surface area contributed by atoms with Gasteiger partial charge in [0.15, 0.2) is 5.82 Å². The van der Waals surface area contributed by atoms with Gasteiger partial charge in [-0.15, -0.1) is 0 Å². The predicted octanol–water partition coefficient (Wildman–Crippen LogP) is 1.84. The van der Waals surface area contributed by atoms with Crippen molar-refractivity contribution in [2.24, 2.45) is 5.73 Å². The number of aromatic nitrogens is 4. The normalized spacial score (nSPS) is 13.0. The lowest BCUT2D eigenvalue weighted by Gasteiger charge is -2.06. The van der Waals surface area contributed by atoms with Crippen molar-refractivity contribution < 1.29 is 0 Å². The van der Waals surface area contributed by atoms with Gasteiger partial charge in [0, 0.05) is 17.1 Å². The number of aromatic amines is 2. The lowest BCUT2D eigenvalue weighted by molar-refractivity contribution is 0.673. The average Bonchev–Trinajstić information content (AvgIpc) is 2.97. The van der Waals surface area contributed by atoms with E-state index in [-0.39, 0.29) is 6.04 Å². The van der Waals surface area contributed by atoms with Crippen molar-refractivity contribution in [3.63, 3.8) is 0 Å². The number of hydrogen-bond donors (Lipinski definition) is 3. The van der Waals surface area contributed by atoms with Gasteiger partial charge in [-0.1, -0.05) is 18.2 Å². The molecule has 0 aliphatic heterocycles. The number of nitrogens with one attached hydrogen (secondary N) is 2. The van der Waals surface area contributed by atoms with Crippen molar-refractivity contribution in [1.82, 2.24) is 20.2 Å². The van der Waals surface area contributed by atoms with Crippen molar-refractivity contribution >= 4 is 10.9 Å². The molecule has 0 amide bonds. The Morgan fingerprint density at radius 1 is 1.33 bits per heavy atom. The minimum atomic E-state index is -0.186. The molecule has 5 nitrogen and oxygen atoms in total. The van der Waals surface area contributed by atoms with Crippen LogP contribution in [0.5, 0.6) is 0 Å². The molecule has 3 rings (SSSR count). The number of nitrogens with two attached hydrogens (primary N) is 1. The van der Waals surface area contributed by atoms with Crippen LogP contribution >= 0.6 is 0 Å². The Morgan fingerprint density at radius 3 is 2.94 bits per heavy atom. The Kier molecular flexibility index (Phi) is 2.60. The van der Waals surface area contributed by atoms with E-state index in [2.05, 4.69) is 32.3 Å². The Hall–Kier alpha value is -2.14. The first kappa shape index (κ1) is 11.0. The zero-order chi connectivity index (χ0) is 12.5. The lowest BCUT2D eigenvalue weighted by Crippen LogP contribution is -2.15. The summed E-state index contributed by atoms with van der Waals surface area (Å²) in [4.78, 5) is 7.52. The summed E-state index contributed by atoms with van der Waals surface area (Å²) >= 11 is 0. The fraction of sp³-hybridized carbons (Fsp3) is 0.231. The van der Waals surface area contributed by atoms with Crippen LogP contribution in [0.25, 0.3) is 10.9 Å². The monoisotopic (exact) mass is 241 g/mol. The Balaban J connectivity index is 1.88. The number of aryl methyl sites for hydroxylation is 1. The zero-order valence-electron chi connectivity index (χ0n) is 10.1. The quantitative estimate of drug-likeness (QED) is 0.654. The van der Waals surface area contributed by atoms with E-state index in [0.717, 1.165) is 17.8 Å². The minimum Gasteiger partial charge on any atom is -0.361 e. The number of rotatable bonds is 3. The summed E-state index contributed by atoms with van der Waals surface area (Å²) < 4.78 is 0. The van der Waals surface area contributed by atoms with Crippen LogP contribution in [-0.2, 0) is 6.42 Å². The van der Waals surface area contributed by atoms with Crippen LogP contribution in [0.1, 0.15) is 23.3 Å². The molecule has 0 aliphatic carbocycles. The van der Waals surface area contributed by atoms with E-state index in [1.54, 1.807) is 0 Å². The van der Waals surface area contributed by atoms with Gasteiger partial charge in [-0.2, -0.15) is 5.10 Å². The molecule has 92 valence electrons. The van der Waals surface area contributed by atoms with Crippen molar-refractivity contribution in [3.05, 3.63) is 47.7 Å². The maximum Gasteiger partial charge on any atom is 0.167 e. The molecule has 3 aromatic rings.